The zero-order valence-corrected chi connectivity index (χ0v) is 14.4. The number of nitrogens with one attached hydrogen (secondary N) is 1. The van der Waals surface area contributed by atoms with E-state index in [0.29, 0.717) is 22.4 Å². The first kappa shape index (κ1) is 16.5. The van der Waals surface area contributed by atoms with Gasteiger partial charge in [0.1, 0.15) is 11.6 Å². The number of amides is 1. The van der Waals surface area contributed by atoms with Gasteiger partial charge >= 0.3 is 0 Å². The van der Waals surface area contributed by atoms with Crippen molar-refractivity contribution in [3.05, 3.63) is 64.0 Å². The van der Waals surface area contributed by atoms with Crippen LogP contribution < -0.4 is 5.32 Å². The first-order chi connectivity index (χ1) is 11.5. The second-order valence-corrected chi connectivity index (χ2v) is 6.26. The van der Waals surface area contributed by atoms with E-state index in [2.05, 4.69) is 15.5 Å². The number of hydrogen-bond donors (Lipinski definition) is 1. The molecule has 0 saturated carbocycles. The fraction of sp³-hybridized carbons (Fsp3) is 0.188. The monoisotopic (exact) mass is 363 g/mol. The van der Waals surface area contributed by atoms with Crippen LogP contribution in [-0.4, -0.2) is 25.5 Å². The van der Waals surface area contributed by atoms with Crippen molar-refractivity contribution in [3.63, 3.8) is 0 Å². The van der Waals surface area contributed by atoms with Crippen LogP contribution in [0.5, 0.6) is 0 Å². The van der Waals surface area contributed by atoms with Gasteiger partial charge in [-0.2, -0.15) is 10.2 Å². The average molecular weight is 364 g/mol. The third-order valence-electron chi connectivity index (χ3n) is 3.30. The summed E-state index contributed by atoms with van der Waals surface area (Å²) in [5.41, 5.74) is 2.02. The normalized spacial score (nSPS) is 10.8. The summed E-state index contributed by atoms with van der Waals surface area (Å²) in [6, 6.07) is 7.46. The number of nitrogens with zero attached hydrogens (tertiary/aromatic N) is 4. The molecular formula is C16H15Cl2N5O. The van der Waals surface area contributed by atoms with Crippen molar-refractivity contribution >= 4 is 34.9 Å². The average Bonchev–Trinajstić information content (AvgIpc) is 3.08. The molecule has 0 aliphatic rings. The Bertz CT molecular complexity index is 854. The topological polar surface area (TPSA) is 64.7 Å². The van der Waals surface area contributed by atoms with Gasteiger partial charge in [0.05, 0.1) is 12.7 Å². The molecule has 8 heteroatoms. The molecule has 3 rings (SSSR count). The smallest absolute Gasteiger partial charge is 0.247 e. The van der Waals surface area contributed by atoms with Gasteiger partial charge in [-0.05, 0) is 30.2 Å². The maximum Gasteiger partial charge on any atom is 0.247 e. The Morgan fingerprint density at radius 1 is 1.17 bits per heavy atom. The van der Waals surface area contributed by atoms with Crippen LogP contribution in [-0.2, 0) is 17.9 Å². The van der Waals surface area contributed by atoms with Crippen LogP contribution in [0.25, 0.3) is 0 Å². The van der Waals surface area contributed by atoms with Crippen LogP contribution in [0.4, 0.5) is 5.82 Å². The summed E-state index contributed by atoms with van der Waals surface area (Å²) in [5, 5.41) is 12.1. The second-order valence-electron chi connectivity index (χ2n) is 5.41. The minimum absolute atomic E-state index is 0.105. The Hall–Kier alpha value is -2.31. The Morgan fingerprint density at radius 2 is 1.92 bits per heavy atom. The molecule has 0 atom stereocenters. The van der Waals surface area contributed by atoms with Gasteiger partial charge in [-0.15, -0.1) is 0 Å². The molecule has 0 unspecified atom stereocenters. The van der Waals surface area contributed by atoms with Gasteiger partial charge < -0.3 is 5.32 Å². The zero-order chi connectivity index (χ0) is 17.1. The quantitative estimate of drug-likeness (QED) is 0.755. The molecule has 2 aromatic heterocycles. The molecule has 0 saturated heterocycles. The first-order valence-electron chi connectivity index (χ1n) is 7.26. The predicted octanol–water partition coefficient (Wildman–Crippen LogP) is 3.38. The van der Waals surface area contributed by atoms with Crippen LogP contribution >= 0.6 is 23.2 Å². The molecule has 2 heterocycles. The molecule has 0 radical (unpaired) electrons. The van der Waals surface area contributed by atoms with Gasteiger partial charge in [0.15, 0.2) is 5.82 Å². The van der Waals surface area contributed by atoms with Crippen molar-refractivity contribution < 1.29 is 4.79 Å². The van der Waals surface area contributed by atoms with Crippen molar-refractivity contribution in [2.45, 2.75) is 20.0 Å². The Balaban J connectivity index is 1.65. The van der Waals surface area contributed by atoms with Crippen LogP contribution in [0.15, 0.2) is 42.9 Å². The molecule has 1 aromatic carbocycles. The highest BCUT2D eigenvalue weighted by molar-refractivity contribution is 6.33. The standard InChI is InChI=1S/C16H15Cl2N5O/c1-11-6-19-22(7-11)10-15(24)20-16-14(18)9-23(21-16)8-12-2-4-13(17)5-3-12/h2-7,9H,8,10H2,1H3,(H,20,21,24). The number of benzene rings is 1. The van der Waals surface area contributed by atoms with Gasteiger partial charge in [-0.1, -0.05) is 35.3 Å². The van der Waals surface area contributed by atoms with Crippen LogP contribution in [0.3, 0.4) is 0 Å². The summed E-state index contributed by atoms with van der Waals surface area (Å²) >= 11 is 12.0. The van der Waals surface area contributed by atoms with E-state index >= 15 is 0 Å². The molecule has 24 heavy (non-hydrogen) atoms. The third-order valence-corrected chi connectivity index (χ3v) is 3.83. The van der Waals surface area contributed by atoms with E-state index in [1.807, 2.05) is 31.2 Å². The summed E-state index contributed by atoms with van der Waals surface area (Å²) in [6.07, 6.45) is 5.16. The minimum atomic E-state index is -0.239. The van der Waals surface area contributed by atoms with Crippen LogP contribution in [0.2, 0.25) is 10.0 Å². The zero-order valence-electron chi connectivity index (χ0n) is 12.9. The van der Waals surface area contributed by atoms with Crippen molar-refractivity contribution in [1.82, 2.24) is 19.6 Å². The third kappa shape index (κ3) is 4.15. The van der Waals surface area contributed by atoms with E-state index in [1.54, 1.807) is 28.0 Å². The van der Waals surface area contributed by atoms with Crippen molar-refractivity contribution in [3.8, 4) is 0 Å². The highest BCUT2D eigenvalue weighted by atomic mass is 35.5. The van der Waals surface area contributed by atoms with E-state index in [0.717, 1.165) is 11.1 Å². The SMILES string of the molecule is Cc1cnn(CC(=O)Nc2nn(Cc3ccc(Cl)cc3)cc2Cl)c1. The molecule has 3 aromatic rings. The van der Waals surface area contributed by atoms with Gasteiger partial charge in [-0.25, -0.2) is 0 Å². The first-order valence-corrected chi connectivity index (χ1v) is 8.01. The Morgan fingerprint density at radius 3 is 2.58 bits per heavy atom. The number of anilines is 1. The molecule has 124 valence electrons. The van der Waals surface area contributed by atoms with Crippen molar-refractivity contribution in [2.75, 3.05) is 5.32 Å². The fourth-order valence-electron chi connectivity index (χ4n) is 2.21. The Kier molecular flexibility index (Phi) is 4.87. The van der Waals surface area contributed by atoms with E-state index in [9.17, 15) is 4.79 Å². The molecule has 0 fully saturated rings. The van der Waals surface area contributed by atoms with Gasteiger partial charge in [-0.3, -0.25) is 14.2 Å². The number of aryl methyl sites for hydroxylation is 1. The number of rotatable bonds is 5. The van der Waals surface area contributed by atoms with Crippen LogP contribution in [0, 0.1) is 6.92 Å². The van der Waals surface area contributed by atoms with Gasteiger partial charge in [0, 0.05) is 17.4 Å². The number of halogens is 2. The summed E-state index contributed by atoms with van der Waals surface area (Å²) < 4.78 is 3.22. The van der Waals surface area contributed by atoms with Crippen molar-refractivity contribution in [2.24, 2.45) is 0 Å². The summed E-state index contributed by atoms with van der Waals surface area (Å²) in [6.45, 7) is 2.55. The summed E-state index contributed by atoms with van der Waals surface area (Å²) in [7, 11) is 0. The highest BCUT2D eigenvalue weighted by Crippen LogP contribution is 2.20. The molecule has 0 bridgehead atoms. The van der Waals surface area contributed by atoms with E-state index in [4.69, 9.17) is 23.2 Å². The summed E-state index contributed by atoms with van der Waals surface area (Å²) in [5.74, 6) is 0.0938. The lowest BCUT2D eigenvalue weighted by molar-refractivity contribution is -0.116. The largest absolute Gasteiger partial charge is 0.306 e. The van der Waals surface area contributed by atoms with Crippen LogP contribution in [0.1, 0.15) is 11.1 Å². The maximum atomic E-state index is 12.1. The number of carbonyl (C=O) groups excluding carboxylic acids is 1. The molecule has 1 amide bonds. The van der Waals surface area contributed by atoms with E-state index in [-0.39, 0.29) is 12.5 Å². The lowest BCUT2D eigenvalue weighted by Gasteiger charge is -2.03. The van der Waals surface area contributed by atoms with Gasteiger partial charge in [0.2, 0.25) is 5.91 Å². The Labute approximate surface area is 149 Å². The fourth-order valence-corrected chi connectivity index (χ4v) is 2.54. The second kappa shape index (κ2) is 7.07. The lowest BCUT2D eigenvalue weighted by atomic mass is 10.2. The number of aromatic nitrogens is 4. The molecule has 0 spiro atoms. The highest BCUT2D eigenvalue weighted by Gasteiger charge is 2.12. The minimum Gasteiger partial charge on any atom is -0.306 e. The lowest BCUT2D eigenvalue weighted by Crippen LogP contribution is -2.19. The van der Waals surface area contributed by atoms with Gasteiger partial charge in [0.25, 0.3) is 0 Å². The molecule has 1 N–H and O–H groups in total. The number of hydrogen-bond acceptors (Lipinski definition) is 3. The predicted molar refractivity (Wildman–Crippen MR) is 93.4 cm³/mol. The number of carbonyl (C=O) groups is 1. The molecule has 6 nitrogen and oxygen atoms in total. The van der Waals surface area contributed by atoms with E-state index < -0.39 is 0 Å². The molecular weight excluding hydrogens is 349 g/mol. The maximum absolute atomic E-state index is 12.1. The van der Waals surface area contributed by atoms with Crippen molar-refractivity contribution in [1.29, 1.82) is 0 Å². The van der Waals surface area contributed by atoms with E-state index in [1.165, 1.54) is 0 Å². The molecule has 0 aliphatic heterocycles. The summed E-state index contributed by atoms with van der Waals surface area (Å²) in [4.78, 5) is 12.1. The molecule has 0 aliphatic carbocycles.